The first kappa shape index (κ1) is 19.4. The van der Waals surface area contributed by atoms with Gasteiger partial charge in [0.2, 0.25) is 15.8 Å². The van der Waals surface area contributed by atoms with E-state index in [1.807, 2.05) is 30.3 Å². The highest BCUT2D eigenvalue weighted by atomic mass is 32.2. The van der Waals surface area contributed by atoms with Crippen molar-refractivity contribution in [3.63, 3.8) is 0 Å². The Balaban J connectivity index is 1.48. The molecule has 0 spiro atoms. The number of aromatic nitrogens is 2. The Morgan fingerprint density at radius 3 is 2.34 bits per heavy atom. The van der Waals surface area contributed by atoms with E-state index in [0.29, 0.717) is 30.4 Å². The van der Waals surface area contributed by atoms with Gasteiger partial charge in [-0.25, -0.2) is 8.42 Å². The molecule has 1 saturated heterocycles. The third kappa shape index (κ3) is 4.23. The normalized spacial score (nSPS) is 15.2. The largest absolute Gasteiger partial charge is 0.497 e. The van der Waals surface area contributed by atoms with Crippen molar-refractivity contribution in [2.75, 3.05) is 20.2 Å². The SMILES string of the molecule is COc1ccc(C=Cc2nc(-c3ccc(S(=O)(=O)N4CCCC4)cc3)no2)cc1. The summed E-state index contributed by atoms with van der Waals surface area (Å²) in [4.78, 5) is 4.63. The fourth-order valence-electron chi connectivity index (χ4n) is 3.16. The molecule has 1 fully saturated rings. The van der Waals surface area contributed by atoms with Crippen LogP contribution in [-0.2, 0) is 10.0 Å². The second kappa shape index (κ2) is 8.18. The van der Waals surface area contributed by atoms with Crippen LogP contribution in [0.25, 0.3) is 23.5 Å². The minimum absolute atomic E-state index is 0.284. The Morgan fingerprint density at radius 2 is 1.69 bits per heavy atom. The van der Waals surface area contributed by atoms with Gasteiger partial charge in [-0.3, -0.25) is 0 Å². The Labute approximate surface area is 169 Å². The van der Waals surface area contributed by atoms with Gasteiger partial charge in [0.25, 0.3) is 5.89 Å². The summed E-state index contributed by atoms with van der Waals surface area (Å²) in [5, 5.41) is 3.98. The Kier molecular flexibility index (Phi) is 5.46. The zero-order valence-electron chi connectivity index (χ0n) is 16.0. The van der Waals surface area contributed by atoms with Crippen LogP contribution in [0.4, 0.5) is 0 Å². The molecule has 0 saturated carbocycles. The molecule has 7 nitrogen and oxygen atoms in total. The Morgan fingerprint density at radius 1 is 1.00 bits per heavy atom. The van der Waals surface area contributed by atoms with E-state index in [-0.39, 0.29) is 4.90 Å². The van der Waals surface area contributed by atoms with E-state index in [9.17, 15) is 8.42 Å². The van der Waals surface area contributed by atoms with Gasteiger partial charge in [0, 0.05) is 24.7 Å². The van der Waals surface area contributed by atoms with Crippen molar-refractivity contribution < 1.29 is 17.7 Å². The van der Waals surface area contributed by atoms with E-state index in [2.05, 4.69) is 10.1 Å². The van der Waals surface area contributed by atoms with Gasteiger partial charge in [0.05, 0.1) is 12.0 Å². The summed E-state index contributed by atoms with van der Waals surface area (Å²) in [6, 6.07) is 14.2. The number of hydrogen-bond acceptors (Lipinski definition) is 6. The molecule has 1 aromatic heterocycles. The van der Waals surface area contributed by atoms with Crippen molar-refractivity contribution in [1.29, 1.82) is 0 Å². The standard InChI is InChI=1S/C21H21N3O4S/c1-27-18-9-4-16(5-10-18)6-13-20-22-21(23-28-20)17-7-11-19(12-8-17)29(25,26)24-14-2-3-15-24/h4-13H,2-3,14-15H2,1H3. The summed E-state index contributed by atoms with van der Waals surface area (Å²) in [7, 11) is -1.80. The van der Waals surface area contributed by atoms with E-state index in [0.717, 1.165) is 24.2 Å². The number of hydrogen-bond donors (Lipinski definition) is 0. The summed E-state index contributed by atoms with van der Waals surface area (Å²) in [6.07, 6.45) is 5.41. The fraction of sp³-hybridized carbons (Fsp3) is 0.238. The first-order valence-corrected chi connectivity index (χ1v) is 10.8. The van der Waals surface area contributed by atoms with Gasteiger partial charge in [-0.05, 0) is 60.9 Å². The molecule has 0 N–H and O–H groups in total. The number of methoxy groups -OCH3 is 1. The molecule has 4 rings (SSSR count). The second-order valence-corrected chi connectivity index (χ2v) is 8.64. The van der Waals surface area contributed by atoms with Crippen LogP contribution in [0.1, 0.15) is 24.3 Å². The van der Waals surface area contributed by atoms with Crippen LogP contribution < -0.4 is 4.74 Å². The number of ether oxygens (including phenoxy) is 1. The van der Waals surface area contributed by atoms with Crippen molar-refractivity contribution in [2.24, 2.45) is 0 Å². The van der Waals surface area contributed by atoms with E-state index in [4.69, 9.17) is 9.26 Å². The van der Waals surface area contributed by atoms with Crippen molar-refractivity contribution in [3.05, 3.63) is 60.0 Å². The highest BCUT2D eigenvalue weighted by Crippen LogP contribution is 2.24. The predicted molar refractivity (Wildman–Crippen MR) is 110 cm³/mol. The minimum Gasteiger partial charge on any atom is -0.497 e. The molecular formula is C21H21N3O4S. The average Bonchev–Trinajstić information content (AvgIpc) is 3.45. The van der Waals surface area contributed by atoms with E-state index in [1.54, 1.807) is 37.5 Å². The van der Waals surface area contributed by atoms with Gasteiger partial charge in [0.1, 0.15) is 5.75 Å². The number of rotatable bonds is 6. The molecule has 2 heterocycles. The molecule has 0 radical (unpaired) electrons. The first-order valence-electron chi connectivity index (χ1n) is 9.33. The molecule has 0 amide bonds. The molecular weight excluding hydrogens is 390 g/mol. The van der Waals surface area contributed by atoms with Crippen molar-refractivity contribution in [3.8, 4) is 17.1 Å². The van der Waals surface area contributed by atoms with Gasteiger partial charge in [-0.15, -0.1) is 0 Å². The molecule has 1 aliphatic heterocycles. The van der Waals surface area contributed by atoms with Gasteiger partial charge >= 0.3 is 0 Å². The van der Waals surface area contributed by atoms with Crippen LogP contribution in [0, 0.1) is 0 Å². The number of benzene rings is 2. The van der Waals surface area contributed by atoms with Crippen LogP contribution in [-0.4, -0.2) is 43.1 Å². The third-order valence-electron chi connectivity index (χ3n) is 4.79. The maximum absolute atomic E-state index is 12.6. The highest BCUT2D eigenvalue weighted by molar-refractivity contribution is 7.89. The molecule has 2 aromatic carbocycles. The van der Waals surface area contributed by atoms with Gasteiger partial charge < -0.3 is 9.26 Å². The molecule has 3 aromatic rings. The first-order chi connectivity index (χ1) is 14.1. The highest BCUT2D eigenvalue weighted by Gasteiger charge is 2.27. The smallest absolute Gasteiger partial charge is 0.250 e. The fourth-order valence-corrected chi connectivity index (χ4v) is 4.67. The molecule has 0 atom stereocenters. The Bertz CT molecular complexity index is 1100. The Hall–Kier alpha value is -2.97. The summed E-state index contributed by atoms with van der Waals surface area (Å²) in [5.41, 5.74) is 1.67. The minimum atomic E-state index is -3.43. The molecule has 29 heavy (non-hydrogen) atoms. The summed E-state index contributed by atoms with van der Waals surface area (Å²) >= 11 is 0. The van der Waals surface area contributed by atoms with Gasteiger partial charge in [-0.2, -0.15) is 9.29 Å². The topological polar surface area (TPSA) is 85.5 Å². The lowest BCUT2D eigenvalue weighted by Gasteiger charge is -2.15. The van der Waals surface area contributed by atoms with Crippen molar-refractivity contribution in [1.82, 2.24) is 14.4 Å². The summed E-state index contributed by atoms with van der Waals surface area (Å²) < 4.78 is 37.1. The molecule has 0 bridgehead atoms. The predicted octanol–water partition coefficient (Wildman–Crippen LogP) is 3.70. The van der Waals surface area contributed by atoms with E-state index >= 15 is 0 Å². The van der Waals surface area contributed by atoms with Gasteiger partial charge in [0.15, 0.2) is 0 Å². The maximum atomic E-state index is 12.6. The maximum Gasteiger partial charge on any atom is 0.250 e. The number of sulfonamides is 1. The molecule has 0 aliphatic carbocycles. The van der Waals surface area contributed by atoms with Gasteiger partial charge in [-0.1, -0.05) is 17.3 Å². The quantitative estimate of drug-likeness (QED) is 0.615. The van der Waals surface area contributed by atoms with Crippen LogP contribution in [0.2, 0.25) is 0 Å². The van der Waals surface area contributed by atoms with Crippen LogP contribution >= 0.6 is 0 Å². The third-order valence-corrected chi connectivity index (χ3v) is 6.70. The molecule has 8 heteroatoms. The zero-order chi connectivity index (χ0) is 20.3. The zero-order valence-corrected chi connectivity index (χ0v) is 16.8. The lowest BCUT2D eigenvalue weighted by atomic mass is 10.2. The molecule has 1 aliphatic rings. The van der Waals surface area contributed by atoms with Crippen LogP contribution in [0.5, 0.6) is 5.75 Å². The number of nitrogens with zero attached hydrogens (tertiary/aromatic N) is 3. The van der Waals surface area contributed by atoms with Crippen LogP contribution in [0.15, 0.2) is 57.9 Å². The summed E-state index contributed by atoms with van der Waals surface area (Å²) in [6.45, 7) is 1.16. The van der Waals surface area contributed by atoms with E-state index < -0.39 is 10.0 Å². The monoisotopic (exact) mass is 411 g/mol. The van der Waals surface area contributed by atoms with Crippen LogP contribution in [0.3, 0.4) is 0 Å². The van der Waals surface area contributed by atoms with Crippen molar-refractivity contribution >= 4 is 22.2 Å². The molecule has 150 valence electrons. The van der Waals surface area contributed by atoms with Crippen molar-refractivity contribution in [2.45, 2.75) is 17.7 Å². The lowest BCUT2D eigenvalue weighted by Crippen LogP contribution is -2.27. The average molecular weight is 411 g/mol. The summed E-state index contributed by atoms with van der Waals surface area (Å²) in [5.74, 6) is 1.56. The second-order valence-electron chi connectivity index (χ2n) is 6.70. The molecule has 0 unspecified atom stereocenters. The van der Waals surface area contributed by atoms with E-state index in [1.165, 1.54) is 4.31 Å². The lowest BCUT2D eigenvalue weighted by molar-refractivity contribution is 0.411.